The highest BCUT2D eigenvalue weighted by atomic mass is 16.5. The molecule has 1 atom stereocenters. The first kappa shape index (κ1) is 20.1. The quantitative estimate of drug-likeness (QED) is 0.672. The number of aromatic nitrogens is 2. The van der Waals surface area contributed by atoms with Crippen LogP contribution in [0, 0.1) is 5.92 Å². The molecule has 0 aliphatic heterocycles. The molecule has 0 spiro atoms. The van der Waals surface area contributed by atoms with Gasteiger partial charge in [-0.15, -0.1) is 0 Å². The molecule has 1 aromatic heterocycles. The summed E-state index contributed by atoms with van der Waals surface area (Å²) in [4.78, 5) is 38.9. The highest BCUT2D eigenvalue weighted by Gasteiger charge is 2.27. The molecule has 1 heterocycles. The van der Waals surface area contributed by atoms with Gasteiger partial charge in [-0.05, 0) is 12.3 Å². The number of carbonyl (C=O) groups is 3. The topological polar surface area (TPSA) is 137 Å². The van der Waals surface area contributed by atoms with E-state index in [9.17, 15) is 14.4 Å². The third-order valence-corrected chi connectivity index (χ3v) is 3.64. The van der Waals surface area contributed by atoms with Gasteiger partial charge in [0.25, 0.3) is 5.91 Å². The van der Waals surface area contributed by atoms with E-state index in [1.165, 1.54) is 0 Å². The number of ether oxygens (including phenoxy) is 1. The van der Waals surface area contributed by atoms with Gasteiger partial charge in [-0.25, -0.2) is 4.79 Å². The van der Waals surface area contributed by atoms with Gasteiger partial charge in [0.2, 0.25) is 11.7 Å². The van der Waals surface area contributed by atoms with Crippen molar-refractivity contribution in [2.24, 2.45) is 11.7 Å². The first-order chi connectivity index (χ1) is 12.9. The Hall–Kier alpha value is -3.23. The molecule has 1 aromatic carbocycles. The van der Waals surface area contributed by atoms with E-state index < -0.39 is 24.0 Å². The summed E-state index contributed by atoms with van der Waals surface area (Å²) < 4.78 is 10.3. The Morgan fingerprint density at radius 3 is 2.56 bits per heavy atom. The van der Waals surface area contributed by atoms with Crippen LogP contribution in [0.1, 0.15) is 32.6 Å². The number of aryl methyl sites for hydroxylation is 1. The second-order valence-corrected chi connectivity index (χ2v) is 6.24. The fraction of sp³-hybridized carbons (Fsp3) is 0.389. The number of nitrogens with two attached hydrogens (primary N) is 1. The van der Waals surface area contributed by atoms with Crippen LogP contribution in [0.3, 0.4) is 0 Å². The monoisotopic (exact) mass is 374 g/mol. The molecule has 27 heavy (non-hydrogen) atoms. The van der Waals surface area contributed by atoms with Gasteiger partial charge in [0, 0.05) is 18.4 Å². The summed E-state index contributed by atoms with van der Waals surface area (Å²) >= 11 is 0. The number of carbonyl (C=O) groups excluding carboxylic acids is 3. The highest BCUT2D eigenvalue weighted by Crippen LogP contribution is 2.16. The molecule has 3 N–H and O–H groups in total. The average molecular weight is 374 g/mol. The Morgan fingerprint density at radius 2 is 1.93 bits per heavy atom. The number of hydrogen-bond donors (Lipinski definition) is 2. The average Bonchev–Trinajstić information content (AvgIpc) is 3.08. The lowest BCUT2D eigenvalue weighted by atomic mass is 10.1. The molecule has 0 saturated carbocycles. The van der Waals surface area contributed by atoms with E-state index in [-0.39, 0.29) is 12.3 Å². The second kappa shape index (κ2) is 9.46. The van der Waals surface area contributed by atoms with Crippen molar-refractivity contribution in [2.75, 3.05) is 0 Å². The van der Waals surface area contributed by atoms with Crippen molar-refractivity contribution in [1.82, 2.24) is 15.5 Å². The predicted molar refractivity (Wildman–Crippen MR) is 95.1 cm³/mol. The summed E-state index contributed by atoms with van der Waals surface area (Å²) in [5.41, 5.74) is 5.76. The second-order valence-electron chi connectivity index (χ2n) is 6.24. The normalized spacial score (nSPS) is 11.8. The van der Waals surface area contributed by atoms with E-state index in [1.54, 1.807) is 13.8 Å². The standard InChI is InChI=1S/C18H22N4O5/c1-11(2)15(17(24)21-18(19)25)26-14(23)10-6-9-13-20-16(22-27-13)12-7-4-3-5-8-12/h3-5,7-8,11,15H,6,9-10H2,1-2H3,(H3,19,21,24,25)/t15-/m0/s1. The zero-order valence-electron chi connectivity index (χ0n) is 15.2. The minimum absolute atomic E-state index is 0.0656. The number of benzene rings is 1. The van der Waals surface area contributed by atoms with Crippen molar-refractivity contribution in [3.63, 3.8) is 0 Å². The van der Waals surface area contributed by atoms with E-state index in [4.69, 9.17) is 15.0 Å². The molecule has 144 valence electrons. The number of rotatable bonds is 8. The molecule has 0 saturated heterocycles. The Balaban J connectivity index is 1.82. The van der Waals surface area contributed by atoms with Gasteiger partial charge in [0.1, 0.15) is 0 Å². The van der Waals surface area contributed by atoms with E-state index in [1.807, 2.05) is 35.6 Å². The van der Waals surface area contributed by atoms with Crippen molar-refractivity contribution in [2.45, 2.75) is 39.2 Å². The smallest absolute Gasteiger partial charge is 0.318 e. The highest BCUT2D eigenvalue weighted by molar-refractivity contribution is 5.96. The van der Waals surface area contributed by atoms with E-state index in [2.05, 4.69) is 10.1 Å². The maximum Gasteiger partial charge on any atom is 0.318 e. The SMILES string of the molecule is CC(C)[C@H](OC(=O)CCCc1nc(-c2ccccc2)no1)C(=O)NC(N)=O. The summed E-state index contributed by atoms with van der Waals surface area (Å²) in [5.74, 6) is -0.714. The van der Waals surface area contributed by atoms with Crippen LogP contribution in [0.15, 0.2) is 34.9 Å². The van der Waals surface area contributed by atoms with Crippen molar-refractivity contribution < 1.29 is 23.6 Å². The molecule has 0 radical (unpaired) electrons. The van der Waals surface area contributed by atoms with Crippen molar-refractivity contribution in [3.8, 4) is 11.4 Å². The lowest BCUT2D eigenvalue weighted by Gasteiger charge is -2.19. The maximum absolute atomic E-state index is 12.0. The Kier molecular flexibility index (Phi) is 7.04. The zero-order valence-corrected chi connectivity index (χ0v) is 15.2. The number of imide groups is 1. The molecule has 9 heteroatoms. The van der Waals surface area contributed by atoms with Crippen molar-refractivity contribution in [3.05, 3.63) is 36.2 Å². The molecule has 0 unspecified atom stereocenters. The molecule has 0 fully saturated rings. The number of nitrogens with zero attached hydrogens (tertiary/aromatic N) is 2. The minimum atomic E-state index is -1.09. The van der Waals surface area contributed by atoms with Crippen LogP contribution in [0.4, 0.5) is 4.79 Å². The summed E-state index contributed by atoms with van der Waals surface area (Å²) in [6, 6.07) is 8.39. The van der Waals surface area contributed by atoms with Gasteiger partial charge in [-0.3, -0.25) is 14.9 Å². The van der Waals surface area contributed by atoms with Crippen LogP contribution in [-0.4, -0.2) is 34.2 Å². The van der Waals surface area contributed by atoms with Gasteiger partial charge in [-0.1, -0.05) is 49.3 Å². The summed E-state index contributed by atoms with van der Waals surface area (Å²) in [6.07, 6.45) is -0.208. The molecule has 0 aliphatic rings. The lowest BCUT2D eigenvalue weighted by molar-refractivity contribution is -0.158. The van der Waals surface area contributed by atoms with Crippen LogP contribution in [0.5, 0.6) is 0 Å². The number of urea groups is 1. The fourth-order valence-corrected chi connectivity index (χ4v) is 2.33. The van der Waals surface area contributed by atoms with Crippen LogP contribution in [0.25, 0.3) is 11.4 Å². The predicted octanol–water partition coefficient (Wildman–Crippen LogP) is 1.82. The van der Waals surface area contributed by atoms with E-state index in [0.29, 0.717) is 24.6 Å². The summed E-state index contributed by atoms with van der Waals surface area (Å²) in [6.45, 7) is 3.39. The maximum atomic E-state index is 12.0. The number of esters is 1. The number of hydrogen-bond acceptors (Lipinski definition) is 7. The van der Waals surface area contributed by atoms with Crippen LogP contribution in [-0.2, 0) is 20.7 Å². The Bertz CT molecular complexity index is 788. The summed E-state index contributed by atoms with van der Waals surface area (Å²) in [7, 11) is 0. The number of nitrogens with one attached hydrogen (secondary N) is 1. The molecule has 2 aromatic rings. The Labute approximate surface area is 156 Å². The van der Waals surface area contributed by atoms with Crippen LogP contribution >= 0.6 is 0 Å². The van der Waals surface area contributed by atoms with Gasteiger partial charge in [0.05, 0.1) is 0 Å². The fourth-order valence-electron chi connectivity index (χ4n) is 2.33. The van der Waals surface area contributed by atoms with E-state index >= 15 is 0 Å². The van der Waals surface area contributed by atoms with Gasteiger partial charge in [0.15, 0.2) is 6.10 Å². The molecule has 3 amide bonds. The third kappa shape index (κ3) is 6.21. The van der Waals surface area contributed by atoms with Crippen LogP contribution in [0.2, 0.25) is 0 Å². The lowest BCUT2D eigenvalue weighted by Crippen LogP contribution is -2.45. The summed E-state index contributed by atoms with van der Waals surface area (Å²) in [5, 5.41) is 5.83. The molecular weight excluding hydrogens is 352 g/mol. The first-order valence-corrected chi connectivity index (χ1v) is 8.54. The van der Waals surface area contributed by atoms with Crippen molar-refractivity contribution in [1.29, 1.82) is 0 Å². The van der Waals surface area contributed by atoms with E-state index in [0.717, 1.165) is 5.56 Å². The van der Waals surface area contributed by atoms with Crippen molar-refractivity contribution >= 4 is 17.9 Å². The van der Waals surface area contributed by atoms with Gasteiger partial charge in [-0.2, -0.15) is 4.98 Å². The van der Waals surface area contributed by atoms with Crippen LogP contribution < -0.4 is 11.1 Å². The molecular formula is C18H22N4O5. The number of amides is 3. The zero-order chi connectivity index (χ0) is 19.8. The first-order valence-electron chi connectivity index (χ1n) is 8.54. The molecule has 9 nitrogen and oxygen atoms in total. The molecule has 2 rings (SSSR count). The minimum Gasteiger partial charge on any atom is -0.452 e. The Morgan fingerprint density at radius 1 is 1.22 bits per heavy atom. The third-order valence-electron chi connectivity index (χ3n) is 3.64. The molecule has 0 aliphatic carbocycles. The molecule has 0 bridgehead atoms. The largest absolute Gasteiger partial charge is 0.452 e. The van der Waals surface area contributed by atoms with Gasteiger partial charge < -0.3 is 15.0 Å². The number of primary amides is 1. The van der Waals surface area contributed by atoms with Gasteiger partial charge >= 0.3 is 12.0 Å².